The van der Waals surface area contributed by atoms with Crippen molar-refractivity contribution in [3.63, 3.8) is 0 Å². The van der Waals surface area contributed by atoms with E-state index in [1.165, 1.54) is 32.1 Å². The van der Waals surface area contributed by atoms with Crippen LogP contribution in [0.4, 0.5) is 0 Å². The number of hydrogen-bond acceptors (Lipinski definition) is 2. The molecule has 0 aromatic carbocycles. The highest BCUT2D eigenvalue weighted by Crippen LogP contribution is 2.35. The van der Waals surface area contributed by atoms with E-state index < -0.39 is 0 Å². The van der Waals surface area contributed by atoms with Crippen LogP contribution in [0.25, 0.3) is 0 Å². The van der Waals surface area contributed by atoms with Gasteiger partial charge in [0.1, 0.15) is 0 Å². The van der Waals surface area contributed by atoms with Crippen molar-refractivity contribution in [3.05, 3.63) is 0 Å². The molecule has 1 aliphatic carbocycles. The zero-order valence-corrected chi connectivity index (χ0v) is 11.0. The zero-order valence-electron chi connectivity index (χ0n) is 11.0. The zero-order chi connectivity index (χ0) is 11.7. The van der Waals surface area contributed by atoms with Crippen LogP contribution in [0.2, 0.25) is 0 Å². The van der Waals surface area contributed by atoms with E-state index in [0.717, 1.165) is 18.4 Å². The molecular weight excluding hydrogens is 198 g/mol. The summed E-state index contributed by atoms with van der Waals surface area (Å²) in [6.45, 7) is 6.95. The topological polar surface area (TPSA) is 23.5 Å². The maximum Gasteiger partial charge on any atom is 0.0695 e. The van der Waals surface area contributed by atoms with Gasteiger partial charge in [0.05, 0.1) is 6.10 Å². The molecule has 2 aliphatic rings. The van der Waals surface area contributed by atoms with Gasteiger partial charge >= 0.3 is 0 Å². The Morgan fingerprint density at radius 1 is 1.12 bits per heavy atom. The van der Waals surface area contributed by atoms with Crippen LogP contribution in [0.5, 0.6) is 0 Å². The van der Waals surface area contributed by atoms with Crippen molar-refractivity contribution < 1.29 is 5.11 Å². The molecule has 2 fully saturated rings. The molecule has 0 aromatic heterocycles. The highest BCUT2D eigenvalue weighted by atomic mass is 16.3. The fourth-order valence-electron chi connectivity index (χ4n) is 3.76. The van der Waals surface area contributed by atoms with E-state index in [2.05, 4.69) is 25.7 Å². The number of aliphatic hydroxyl groups is 1. The lowest BCUT2D eigenvalue weighted by Gasteiger charge is -2.42. The second kappa shape index (κ2) is 5.05. The molecule has 5 unspecified atom stereocenters. The van der Waals surface area contributed by atoms with Gasteiger partial charge < -0.3 is 5.11 Å². The largest absolute Gasteiger partial charge is 0.391 e. The molecule has 2 rings (SSSR count). The molecule has 94 valence electrons. The van der Waals surface area contributed by atoms with E-state index in [9.17, 15) is 5.11 Å². The number of rotatable bonds is 2. The summed E-state index contributed by atoms with van der Waals surface area (Å²) in [5.74, 6) is 0.790. The van der Waals surface area contributed by atoms with Gasteiger partial charge in [-0.1, -0.05) is 13.8 Å². The SMILES string of the molecule is CCC1CCC(C)N1C1CC(C)CCC1O. The minimum absolute atomic E-state index is 0.0780. The van der Waals surface area contributed by atoms with Gasteiger partial charge in [-0.25, -0.2) is 0 Å². The number of hydrogen-bond donors (Lipinski definition) is 1. The predicted octanol–water partition coefficient (Wildman–Crippen LogP) is 2.80. The van der Waals surface area contributed by atoms with Crippen LogP contribution in [0.3, 0.4) is 0 Å². The van der Waals surface area contributed by atoms with Crippen LogP contribution in [-0.4, -0.2) is 34.2 Å². The molecule has 0 radical (unpaired) electrons. The third-order valence-electron chi connectivity index (χ3n) is 4.75. The van der Waals surface area contributed by atoms with Gasteiger partial charge in [0.25, 0.3) is 0 Å². The minimum Gasteiger partial charge on any atom is -0.391 e. The normalized spacial score (nSPS) is 46.1. The maximum atomic E-state index is 10.2. The first kappa shape index (κ1) is 12.4. The van der Waals surface area contributed by atoms with Gasteiger partial charge in [-0.05, 0) is 51.4 Å². The molecule has 0 bridgehead atoms. The Morgan fingerprint density at radius 3 is 2.56 bits per heavy atom. The van der Waals surface area contributed by atoms with Gasteiger partial charge in [-0.15, -0.1) is 0 Å². The first-order valence-corrected chi connectivity index (χ1v) is 7.09. The Kier molecular flexibility index (Phi) is 3.91. The molecule has 1 saturated heterocycles. The summed E-state index contributed by atoms with van der Waals surface area (Å²) in [5.41, 5.74) is 0. The quantitative estimate of drug-likeness (QED) is 0.781. The van der Waals surface area contributed by atoms with Crippen molar-refractivity contribution in [2.75, 3.05) is 0 Å². The molecule has 1 aliphatic heterocycles. The average Bonchev–Trinajstić information content (AvgIpc) is 2.63. The monoisotopic (exact) mass is 225 g/mol. The minimum atomic E-state index is -0.0780. The van der Waals surface area contributed by atoms with E-state index in [1.54, 1.807) is 0 Å². The summed E-state index contributed by atoms with van der Waals surface area (Å²) in [4.78, 5) is 2.64. The molecule has 1 N–H and O–H groups in total. The van der Waals surface area contributed by atoms with E-state index in [0.29, 0.717) is 12.1 Å². The van der Waals surface area contributed by atoms with Gasteiger partial charge in [-0.3, -0.25) is 4.90 Å². The predicted molar refractivity (Wildman–Crippen MR) is 67.4 cm³/mol. The molecule has 2 nitrogen and oxygen atoms in total. The summed E-state index contributed by atoms with van der Waals surface area (Å²) in [6, 6.07) is 1.83. The van der Waals surface area contributed by atoms with E-state index in [4.69, 9.17) is 0 Å². The van der Waals surface area contributed by atoms with Crippen LogP contribution < -0.4 is 0 Å². The van der Waals surface area contributed by atoms with E-state index in [1.807, 2.05) is 0 Å². The Hall–Kier alpha value is -0.0800. The summed E-state index contributed by atoms with van der Waals surface area (Å²) in [7, 11) is 0. The number of aliphatic hydroxyl groups excluding tert-OH is 1. The lowest BCUT2D eigenvalue weighted by Crippen LogP contribution is -2.51. The highest BCUT2D eigenvalue weighted by Gasteiger charge is 2.40. The first-order chi connectivity index (χ1) is 7.63. The van der Waals surface area contributed by atoms with Crippen molar-refractivity contribution in [2.24, 2.45) is 5.92 Å². The summed E-state index contributed by atoms with van der Waals surface area (Å²) in [5, 5.41) is 10.2. The van der Waals surface area contributed by atoms with Crippen LogP contribution in [0.1, 0.15) is 59.3 Å². The van der Waals surface area contributed by atoms with Gasteiger partial charge in [-0.2, -0.15) is 0 Å². The molecule has 0 aromatic rings. The van der Waals surface area contributed by atoms with E-state index in [-0.39, 0.29) is 6.10 Å². The van der Waals surface area contributed by atoms with Gasteiger partial charge in [0, 0.05) is 18.1 Å². The van der Waals surface area contributed by atoms with Crippen molar-refractivity contribution in [3.8, 4) is 0 Å². The highest BCUT2D eigenvalue weighted by molar-refractivity contribution is 4.94. The van der Waals surface area contributed by atoms with Crippen molar-refractivity contribution in [1.29, 1.82) is 0 Å². The molecule has 1 heterocycles. The van der Waals surface area contributed by atoms with Crippen molar-refractivity contribution >= 4 is 0 Å². The third kappa shape index (κ3) is 2.28. The third-order valence-corrected chi connectivity index (χ3v) is 4.75. The lowest BCUT2D eigenvalue weighted by molar-refractivity contribution is -0.0155. The molecular formula is C14H27NO. The molecule has 16 heavy (non-hydrogen) atoms. The van der Waals surface area contributed by atoms with Crippen LogP contribution in [0.15, 0.2) is 0 Å². The van der Waals surface area contributed by atoms with Crippen LogP contribution in [0, 0.1) is 5.92 Å². The Bertz CT molecular complexity index is 231. The molecule has 5 atom stereocenters. The summed E-state index contributed by atoms with van der Waals surface area (Å²) < 4.78 is 0. The number of likely N-dealkylation sites (tertiary alicyclic amines) is 1. The van der Waals surface area contributed by atoms with Crippen molar-refractivity contribution in [1.82, 2.24) is 4.90 Å². The Balaban J connectivity index is 2.08. The molecule has 1 saturated carbocycles. The lowest BCUT2D eigenvalue weighted by atomic mass is 9.83. The Morgan fingerprint density at radius 2 is 1.88 bits per heavy atom. The van der Waals surface area contributed by atoms with Crippen molar-refractivity contribution in [2.45, 2.75) is 83.5 Å². The number of nitrogens with zero attached hydrogens (tertiary/aromatic N) is 1. The summed E-state index contributed by atoms with van der Waals surface area (Å²) in [6.07, 6.45) is 7.21. The standard InChI is InChI=1S/C14H27NO/c1-4-12-7-6-11(3)15(12)13-9-10(2)5-8-14(13)16/h10-14,16H,4-9H2,1-3H3. The smallest absolute Gasteiger partial charge is 0.0695 e. The van der Waals surface area contributed by atoms with Gasteiger partial charge in [0.2, 0.25) is 0 Å². The maximum absolute atomic E-state index is 10.2. The van der Waals surface area contributed by atoms with E-state index >= 15 is 0 Å². The second-order valence-electron chi connectivity index (χ2n) is 5.99. The fraction of sp³-hybridized carbons (Fsp3) is 1.00. The van der Waals surface area contributed by atoms with Crippen LogP contribution >= 0.6 is 0 Å². The Labute approximate surface area is 100 Å². The molecule has 2 heteroatoms. The van der Waals surface area contributed by atoms with Crippen LogP contribution in [-0.2, 0) is 0 Å². The fourth-order valence-corrected chi connectivity index (χ4v) is 3.76. The molecule has 0 amide bonds. The van der Waals surface area contributed by atoms with Gasteiger partial charge in [0.15, 0.2) is 0 Å². The average molecular weight is 225 g/mol. The molecule has 0 spiro atoms. The second-order valence-corrected chi connectivity index (χ2v) is 5.99. The summed E-state index contributed by atoms with van der Waals surface area (Å²) >= 11 is 0. The first-order valence-electron chi connectivity index (χ1n) is 7.09.